The van der Waals surface area contributed by atoms with E-state index in [0.717, 1.165) is 22.8 Å². The first-order chi connectivity index (χ1) is 13.6. The number of aromatic nitrogens is 2. The van der Waals surface area contributed by atoms with Crippen LogP contribution in [0.3, 0.4) is 0 Å². The number of rotatable bonds is 3. The highest BCUT2D eigenvalue weighted by Gasteiger charge is 2.35. The van der Waals surface area contributed by atoms with Gasteiger partial charge >= 0.3 is 0 Å². The number of carbonyl (C=O) groups is 2. The van der Waals surface area contributed by atoms with Gasteiger partial charge in [-0.15, -0.1) is 11.3 Å². The number of anilines is 2. The maximum Gasteiger partial charge on any atom is 0.276 e. The normalized spacial score (nSPS) is 15.3. The molecule has 0 saturated heterocycles. The van der Waals surface area contributed by atoms with Crippen LogP contribution in [0, 0.1) is 0 Å². The number of benzene rings is 1. The van der Waals surface area contributed by atoms with Gasteiger partial charge in [0.15, 0.2) is 5.69 Å². The van der Waals surface area contributed by atoms with Gasteiger partial charge in [0.05, 0.1) is 28.4 Å². The van der Waals surface area contributed by atoms with Crippen molar-refractivity contribution < 1.29 is 9.59 Å². The lowest BCUT2D eigenvalue weighted by atomic mass is 10.1. The average molecular weight is 392 g/mol. The zero-order valence-electron chi connectivity index (χ0n) is 15.0. The lowest BCUT2D eigenvalue weighted by Gasteiger charge is -2.33. The third kappa shape index (κ3) is 2.59. The number of hydrogen-bond donors (Lipinski definition) is 2. The smallest absolute Gasteiger partial charge is 0.276 e. The van der Waals surface area contributed by atoms with E-state index in [-0.39, 0.29) is 11.8 Å². The summed E-state index contributed by atoms with van der Waals surface area (Å²) in [5.41, 5.74) is 2.99. The van der Waals surface area contributed by atoms with E-state index in [0.29, 0.717) is 29.4 Å². The summed E-state index contributed by atoms with van der Waals surface area (Å²) in [7, 11) is 1.71. The molecule has 9 heteroatoms. The van der Waals surface area contributed by atoms with Gasteiger partial charge in [-0.3, -0.25) is 24.6 Å². The number of nitrogens with zero attached hydrogens (tertiary/aromatic N) is 4. The minimum Gasteiger partial charge on any atom is -0.321 e. The third-order valence-electron chi connectivity index (χ3n) is 4.80. The first-order valence-corrected chi connectivity index (χ1v) is 9.64. The van der Waals surface area contributed by atoms with Crippen molar-refractivity contribution in [3.05, 3.63) is 53.0 Å². The molecule has 0 radical (unpaired) electrons. The summed E-state index contributed by atoms with van der Waals surface area (Å²) in [4.78, 5) is 34.2. The Balaban J connectivity index is 1.40. The van der Waals surface area contributed by atoms with E-state index in [1.807, 2.05) is 28.5 Å². The molecular formula is C19H16N6O2S. The molecule has 0 spiro atoms. The van der Waals surface area contributed by atoms with Gasteiger partial charge in [-0.2, -0.15) is 5.10 Å². The third-order valence-corrected chi connectivity index (χ3v) is 5.70. The monoisotopic (exact) mass is 392 g/mol. The topological polar surface area (TPSA) is 93.7 Å². The van der Waals surface area contributed by atoms with E-state index in [9.17, 15) is 9.59 Å². The van der Waals surface area contributed by atoms with Crippen LogP contribution in [0.25, 0.3) is 10.6 Å². The highest BCUT2D eigenvalue weighted by atomic mass is 32.1. The van der Waals surface area contributed by atoms with Gasteiger partial charge in [0.1, 0.15) is 0 Å². The van der Waals surface area contributed by atoms with Crippen molar-refractivity contribution in [2.75, 3.05) is 30.4 Å². The van der Waals surface area contributed by atoms with E-state index in [2.05, 4.69) is 20.5 Å². The standard InChI is InChI=1S/C19H16N6O2S/c1-24-18(27)12-9-11(4-5-15(12)25-7-6-20-19(24)25)21-17(26)14-10-13(22-23-14)16-3-2-8-28-16/h2-5,8-10H,6-7H2,1H3,(H,21,26)(H,22,23). The SMILES string of the molecule is CN1C(=O)c2cc(NC(=O)c3cc(-c4cccs4)[nH]n3)ccc2N2CCN=C12. The van der Waals surface area contributed by atoms with Crippen LogP contribution in [0.1, 0.15) is 20.8 Å². The first-order valence-electron chi connectivity index (χ1n) is 8.76. The summed E-state index contributed by atoms with van der Waals surface area (Å²) in [5, 5.41) is 11.8. The van der Waals surface area contributed by atoms with Crippen LogP contribution in [0.15, 0.2) is 46.8 Å². The van der Waals surface area contributed by atoms with Crippen molar-refractivity contribution in [2.24, 2.45) is 4.99 Å². The van der Waals surface area contributed by atoms with Gasteiger partial charge in [-0.05, 0) is 35.7 Å². The first kappa shape index (κ1) is 16.7. The van der Waals surface area contributed by atoms with Crippen LogP contribution in [-0.4, -0.2) is 53.0 Å². The number of guanidine groups is 1. The molecule has 0 unspecified atom stereocenters. The second-order valence-electron chi connectivity index (χ2n) is 6.53. The van der Waals surface area contributed by atoms with Crippen LogP contribution in [-0.2, 0) is 0 Å². The number of hydrogen-bond acceptors (Lipinski definition) is 6. The molecule has 1 aromatic carbocycles. The molecule has 2 aliphatic rings. The molecule has 28 heavy (non-hydrogen) atoms. The highest BCUT2D eigenvalue weighted by molar-refractivity contribution is 7.13. The van der Waals surface area contributed by atoms with E-state index in [4.69, 9.17) is 0 Å². The molecule has 0 fully saturated rings. The predicted molar refractivity (Wildman–Crippen MR) is 108 cm³/mol. The Morgan fingerprint density at radius 3 is 3.00 bits per heavy atom. The lowest BCUT2D eigenvalue weighted by Crippen LogP contribution is -2.48. The van der Waals surface area contributed by atoms with Gasteiger partial charge in [-0.1, -0.05) is 6.07 Å². The number of H-pyrrole nitrogens is 1. The summed E-state index contributed by atoms with van der Waals surface area (Å²) in [6, 6.07) is 11.0. The molecule has 2 N–H and O–H groups in total. The number of aliphatic imine (C=N–C) groups is 1. The molecular weight excluding hydrogens is 376 g/mol. The van der Waals surface area contributed by atoms with Crippen LogP contribution >= 0.6 is 11.3 Å². The second-order valence-corrected chi connectivity index (χ2v) is 7.48. The molecule has 2 amide bonds. The van der Waals surface area contributed by atoms with Crippen molar-refractivity contribution in [1.82, 2.24) is 15.1 Å². The minimum atomic E-state index is -0.334. The van der Waals surface area contributed by atoms with Crippen molar-refractivity contribution >= 4 is 40.5 Å². The molecule has 3 aromatic rings. The fourth-order valence-corrected chi connectivity index (χ4v) is 4.13. The molecule has 5 rings (SSSR count). The molecule has 4 heterocycles. The number of carbonyl (C=O) groups excluding carboxylic acids is 2. The van der Waals surface area contributed by atoms with Crippen LogP contribution < -0.4 is 10.2 Å². The molecule has 0 saturated carbocycles. The quantitative estimate of drug-likeness (QED) is 0.717. The average Bonchev–Trinajstić information content (AvgIpc) is 3.46. The summed E-state index contributed by atoms with van der Waals surface area (Å²) in [5.74, 6) is 0.203. The number of amides is 2. The summed E-state index contributed by atoms with van der Waals surface area (Å²) in [6.45, 7) is 1.40. The van der Waals surface area contributed by atoms with E-state index >= 15 is 0 Å². The molecule has 0 aliphatic carbocycles. The highest BCUT2D eigenvalue weighted by Crippen LogP contribution is 2.32. The van der Waals surface area contributed by atoms with Gasteiger partial charge in [0.25, 0.3) is 11.8 Å². The van der Waals surface area contributed by atoms with Gasteiger partial charge in [0, 0.05) is 19.3 Å². The number of nitrogens with one attached hydrogen (secondary N) is 2. The molecule has 2 aliphatic heterocycles. The molecule has 0 bridgehead atoms. The van der Waals surface area contributed by atoms with Crippen molar-refractivity contribution in [3.63, 3.8) is 0 Å². The van der Waals surface area contributed by atoms with E-state index in [1.54, 1.807) is 41.5 Å². The van der Waals surface area contributed by atoms with Crippen molar-refractivity contribution in [2.45, 2.75) is 0 Å². The van der Waals surface area contributed by atoms with Gasteiger partial charge < -0.3 is 10.2 Å². The lowest BCUT2D eigenvalue weighted by molar-refractivity contribution is 0.0865. The molecule has 0 atom stereocenters. The Hall–Kier alpha value is -3.46. The Bertz CT molecular complexity index is 1120. The second kappa shape index (κ2) is 6.31. The summed E-state index contributed by atoms with van der Waals surface area (Å²) in [6.07, 6.45) is 0. The maximum atomic E-state index is 12.7. The summed E-state index contributed by atoms with van der Waals surface area (Å²) < 4.78 is 0. The van der Waals surface area contributed by atoms with Crippen molar-refractivity contribution in [1.29, 1.82) is 0 Å². The molecule has 140 valence electrons. The zero-order valence-corrected chi connectivity index (χ0v) is 15.8. The number of thiophene rings is 1. The Kier molecular flexibility index (Phi) is 3.76. The Morgan fingerprint density at radius 2 is 2.18 bits per heavy atom. The molecule has 2 aromatic heterocycles. The van der Waals surface area contributed by atoms with E-state index in [1.165, 1.54) is 0 Å². The summed E-state index contributed by atoms with van der Waals surface area (Å²) >= 11 is 1.57. The maximum absolute atomic E-state index is 12.7. The zero-order chi connectivity index (χ0) is 19.3. The van der Waals surface area contributed by atoms with E-state index < -0.39 is 0 Å². The fourth-order valence-electron chi connectivity index (χ4n) is 3.43. The van der Waals surface area contributed by atoms with Crippen LogP contribution in [0.2, 0.25) is 0 Å². The van der Waals surface area contributed by atoms with Crippen LogP contribution in [0.5, 0.6) is 0 Å². The van der Waals surface area contributed by atoms with Gasteiger partial charge in [-0.25, -0.2) is 0 Å². The van der Waals surface area contributed by atoms with Crippen LogP contribution in [0.4, 0.5) is 11.4 Å². The Labute approximate surface area is 164 Å². The Morgan fingerprint density at radius 1 is 1.29 bits per heavy atom. The number of fused-ring (bicyclic) bond motifs is 3. The fraction of sp³-hybridized carbons (Fsp3) is 0.158. The predicted octanol–water partition coefficient (Wildman–Crippen LogP) is 2.65. The minimum absolute atomic E-state index is 0.136. The molecule has 8 nitrogen and oxygen atoms in total. The number of aromatic amines is 1. The largest absolute Gasteiger partial charge is 0.321 e. The van der Waals surface area contributed by atoms with Gasteiger partial charge in [0.2, 0.25) is 5.96 Å². The van der Waals surface area contributed by atoms with Crippen molar-refractivity contribution in [3.8, 4) is 10.6 Å².